The van der Waals surface area contributed by atoms with E-state index in [1.54, 1.807) is 6.07 Å². The zero-order chi connectivity index (χ0) is 11.5. The summed E-state index contributed by atoms with van der Waals surface area (Å²) in [5.41, 5.74) is 0.825. The third kappa shape index (κ3) is 2.87. The Bertz CT molecular complexity index is 363. The van der Waals surface area contributed by atoms with Crippen molar-refractivity contribution in [2.45, 2.75) is 32.2 Å². The van der Waals surface area contributed by atoms with Crippen molar-refractivity contribution in [2.24, 2.45) is 5.92 Å². The number of rotatable bonds is 5. The highest BCUT2D eigenvalue weighted by molar-refractivity contribution is 5.47. The van der Waals surface area contributed by atoms with E-state index in [0.717, 1.165) is 11.6 Å². The Morgan fingerprint density at radius 3 is 2.81 bits per heavy atom. The normalized spacial score (nSPS) is 16.9. The molecule has 2 rings (SSSR count). The minimum absolute atomic E-state index is 0.292. The van der Waals surface area contributed by atoms with E-state index in [0.29, 0.717) is 11.8 Å². The van der Waals surface area contributed by atoms with Gasteiger partial charge >= 0.3 is 0 Å². The number of hydrogen-bond acceptors (Lipinski definition) is 2. The molecule has 1 unspecified atom stereocenters. The molecule has 1 saturated carbocycles. The molecule has 1 atom stereocenters. The van der Waals surface area contributed by atoms with Crippen molar-refractivity contribution in [1.82, 2.24) is 0 Å². The molecule has 1 aromatic carbocycles. The summed E-state index contributed by atoms with van der Waals surface area (Å²) in [7, 11) is 1.47. The molecular formula is C13H18FNO. The fourth-order valence-electron chi connectivity index (χ4n) is 1.95. The van der Waals surface area contributed by atoms with Gasteiger partial charge in [-0.25, -0.2) is 4.39 Å². The van der Waals surface area contributed by atoms with Crippen molar-refractivity contribution >= 4 is 5.69 Å². The molecule has 1 aliphatic rings. The first-order valence-corrected chi connectivity index (χ1v) is 5.79. The van der Waals surface area contributed by atoms with Crippen LogP contribution in [0.5, 0.6) is 5.75 Å². The highest BCUT2D eigenvalue weighted by Crippen LogP contribution is 2.34. The van der Waals surface area contributed by atoms with Crippen LogP contribution in [0.2, 0.25) is 0 Å². The SMILES string of the molecule is COc1ccc(NC(C)CC2CC2)cc1F. The number of ether oxygens (including phenoxy) is 1. The van der Waals surface area contributed by atoms with Gasteiger partial charge < -0.3 is 10.1 Å². The monoisotopic (exact) mass is 223 g/mol. The molecule has 0 bridgehead atoms. The van der Waals surface area contributed by atoms with Gasteiger partial charge in [-0.2, -0.15) is 0 Å². The van der Waals surface area contributed by atoms with Crippen molar-refractivity contribution in [1.29, 1.82) is 0 Å². The number of hydrogen-bond donors (Lipinski definition) is 1. The summed E-state index contributed by atoms with van der Waals surface area (Å²) in [4.78, 5) is 0. The van der Waals surface area contributed by atoms with Gasteiger partial charge in [0.2, 0.25) is 0 Å². The van der Waals surface area contributed by atoms with Crippen LogP contribution in [-0.2, 0) is 0 Å². The summed E-state index contributed by atoms with van der Waals surface area (Å²) in [6, 6.07) is 5.40. The molecule has 0 aliphatic heterocycles. The zero-order valence-electron chi connectivity index (χ0n) is 9.79. The van der Waals surface area contributed by atoms with Gasteiger partial charge in [-0.05, 0) is 31.4 Å². The third-order valence-electron chi connectivity index (χ3n) is 2.95. The lowest BCUT2D eigenvalue weighted by atomic mass is 10.1. The highest BCUT2D eigenvalue weighted by atomic mass is 19.1. The summed E-state index contributed by atoms with van der Waals surface area (Å²) >= 11 is 0. The quantitative estimate of drug-likeness (QED) is 0.825. The topological polar surface area (TPSA) is 21.3 Å². The van der Waals surface area contributed by atoms with Crippen LogP contribution in [0.4, 0.5) is 10.1 Å². The highest BCUT2D eigenvalue weighted by Gasteiger charge is 2.23. The molecule has 0 heterocycles. The standard InChI is InChI=1S/C13H18FNO/c1-9(7-10-3-4-10)15-11-5-6-13(16-2)12(14)8-11/h5-6,8-10,15H,3-4,7H2,1-2H3. The largest absolute Gasteiger partial charge is 0.494 e. The van der Waals surface area contributed by atoms with Gasteiger partial charge in [0, 0.05) is 17.8 Å². The number of methoxy groups -OCH3 is 1. The molecule has 0 saturated heterocycles. The molecular weight excluding hydrogens is 205 g/mol. The van der Waals surface area contributed by atoms with E-state index >= 15 is 0 Å². The minimum Gasteiger partial charge on any atom is -0.494 e. The predicted molar refractivity (Wildman–Crippen MR) is 63.4 cm³/mol. The van der Waals surface area contributed by atoms with Gasteiger partial charge in [0.25, 0.3) is 0 Å². The van der Waals surface area contributed by atoms with Crippen molar-refractivity contribution in [3.05, 3.63) is 24.0 Å². The number of anilines is 1. The molecule has 0 radical (unpaired) electrons. The molecule has 1 N–H and O–H groups in total. The van der Waals surface area contributed by atoms with Crippen LogP contribution in [-0.4, -0.2) is 13.2 Å². The first-order valence-electron chi connectivity index (χ1n) is 5.79. The van der Waals surface area contributed by atoms with Gasteiger partial charge in [0.1, 0.15) is 0 Å². The van der Waals surface area contributed by atoms with Crippen LogP contribution in [0.3, 0.4) is 0 Å². The van der Waals surface area contributed by atoms with E-state index in [1.807, 2.05) is 6.07 Å². The molecule has 1 aliphatic carbocycles. The van der Waals surface area contributed by atoms with Crippen LogP contribution in [0.25, 0.3) is 0 Å². The Morgan fingerprint density at radius 1 is 1.50 bits per heavy atom. The molecule has 1 aromatic rings. The fourth-order valence-corrected chi connectivity index (χ4v) is 1.95. The first-order chi connectivity index (χ1) is 7.69. The molecule has 0 amide bonds. The average molecular weight is 223 g/mol. The van der Waals surface area contributed by atoms with Crippen molar-refractivity contribution in [2.75, 3.05) is 12.4 Å². The Hall–Kier alpha value is -1.25. The summed E-state index contributed by atoms with van der Waals surface area (Å²) in [5.74, 6) is 0.858. The van der Waals surface area contributed by atoms with Gasteiger partial charge in [-0.1, -0.05) is 12.8 Å². The Kier molecular flexibility index (Phi) is 3.32. The van der Waals surface area contributed by atoms with Crippen LogP contribution >= 0.6 is 0 Å². The van der Waals surface area contributed by atoms with Crippen molar-refractivity contribution in [3.63, 3.8) is 0 Å². The van der Waals surface area contributed by atoms with Crippen LogP contribution in [0, 0.1) is 11.7 Å². The van der Waals surface area contributed by atoms with E-state index in [-0.39, 0.29) is 5.82 Å². The molecule has 16 heavy (non-hydrogen) atoms. The molecule has 88 valence electrons. The second-order valence-corrected chi connectivity index (χ2v) is 4.57. The van der Waals surface area contributed by atoms with Crippen LogP contribution in [0.15, 0.2) is 18.2 Å². The van der Waals surface area contributed by atoms with E-state index < -0.39 is 0 Å². The average Bonchev–Trinajstić information content (AvgIpc) is 3.01. The van der Waals surface area contributed by atoms with Crippen LogP contribution < -0.4 is 10.1 Å². The molecule has 0 aromatic heterocycles. The summed E-state index contributed by atoms with van der Waals surface area (Å²) in [6.45, 7) is 2.14. The van der Waals surface area contributed by atoms with Crippen LogP contribution in [0.1, 0.15) is 26.2 Å². The van der Waals surface area contributed by atoms with Gasteiger partial charge in [0.15, 0.2) is 11.6 Å². The smallest absolute Gasteiger partial charge is 0.167 e. The summed E-state index contributed by atoms with van der Waals surface area (Å²) < 4.78 is 18.3. The van der Waals surface area contributed by atoms with Gasteiger partial charge in [-0.15, -0.1) is 0 Å². The minimum atomic E-state index is -0.314. The number of halogens is 1. The zero-order valence-corrected chi connectivity index (χ0v) is 9.79. The maximum Gasteiger partial charge on any atom is 0.167 e. The second kappa shape index (κ2) is 4.73. The maximum atomic E-state index is 13.4. The maximum absolute atomic E-state index is 13.4. The lowest BCUT2D eigenvalue weighted by molar-refractivity contribution is 0.386. The number of nitrogens with one attached hydrogen (secondary N) is 1. The molecule has 0 spiro atoms. The molecule has 3 heteroatoms. The van der Waals surface area contributed by atoms with Gasteiger partial charge in [-0.3, -0.25) is 0 Å². The van der Waals surface area contributed by atoms with E-state index in [4.69, 9.17) is 4.74 Å². The van der Waals surface area contributed by atoms with E-state index in [1.165, 1.54) is 32.4 Å². The van der Waals surface area contributed by atoms with E-state index in [9.17, 15) is 4.39 Å². The summed E-state index contributed by atoms with van der Waals surface area (Å²) in [6.07, 6.45) is 3.87. The fraction of sp³-hybridized carbons (Fsp3) is 0.538. The lowest BCUT2D eigenvalue weighted by Crippen LogP contribution is -2.15. The predicted octanol–water partition coefficient (Wildman–Crippen LogP) is 3.43. The van der Waals surface area contributed by atoms with Crippen molar-refractivity contribution in [3.8, 4) is 5.75 Å². The Labute approximate surface area is 95.8 Å². The Morgan fingerprint density at radius 2 is 2.25 bits per heavy atom. The Balaban J connectivity index is 1.95. The van der Waals surface area contributed by atoms with E-state index in [2.05, 4.69) is 12.2 Å². The van der Waals surface area contributed by atoms with Gasteiger partial charge in [0.05, 0.1) is 7.11 Å². The lowest BCUT2D eigenvalue weighted by Gasteiger charge is -2.15. The first kappa shape index (κ1) is 11.2. The number of benzene rings is 1. The third-order valence-corrected chi connectivity index (χ3v) is 2.95. The van der Waals surface area contributed by atoms with Crippen molar-refractivity contribution < 1.29 is 9.13 Å². The summed E-state index contributed by atoms with van der Waals surface area (Å²) in [5, 5.41) is 3.31. The molecule has 2 nitrogen and oxygen atoms in total. The molecule has 1 fully saturated rings. The second-order valence-electron chi connectivity index (χ2n) is 4.57.